The van der Waals surface area contributed by atoms with Crippen LogP contribution in [-0.4, -0.2) is 47.5 Å². The lowest BCUT2D eigenvalue weighted by atomic mass is 9.98. The molecule has 3 amide bonds. The highest BCUT2D eigenvalue weighted by Gasteiger charge is 2.37. The van der Waals surface area contributed by atoms with Crippen LogP contribution in [0.5, 0.6) is 0 Å². The van der Waals surface area contributed by atoms with Crippen molar-refractivity contribution in [2.45, 2.75) is 85.4 Å². The molecular weight excluding hydrogens is 430 g/mol. The first-order valence-corrected chi connectivity index (χ1v) is 12.1. The van der Waals surface area contributed by atoms with Crippen molar-refractivity contribution in [3.05, 3.63) is 35.4 Å². The first kappa shape index (κ1) is 29.0. The van der Waals surface area contributed by atoms with Gasteiger partial charge in [-0.3, -0.25) is 9.59 Å². The van der Waals surface area contributed by atoms with Crippen LogP contribution >= 0.6 is 0 Å². The Balaban J connectivity index is 3.36. The van der Waals surface area contributed by atoms with Gasteiger partial charge < -0.3 is 20.3 Å². The van der Waals surface area contributed by atoms with Gasteiger partial charge in [0.25, 0.3) is 0 Å². The van der Waals surface area contributed by atoms with Crippen molar-refractivity contribution in [2.75, 3.05) is 13.1 Å². The molecule has 2 atom stereocenters. The first-order valence-electron chi connectivity index (χ1n) is 12.1. The van der Waals surface area contributed by atoms with Crippen molar-refractivity contribution in [3.8, 4) is 12.3 Å². The van der Waals surface area contributed by atoms with E-state index in [1.54, 1.807) is 49.9 Å². The average molecular weight is 472 g/mol. The second-order valence-corrected chi connectivity index (χ2v) is 9.71. The maximum atomic E-state index is 13.8. The summed E-state index contributed by atoms with van der Waals surface area (Å²) in [5, 5.41) is 5.68. The lowest BCUT2D eigenvalue weighted by molar-refractivity contribution is -0.143. The van der Waals surface area contributed by atoms with Gasteiger partial charge in [-0.2, -0.15) is 0 Å². The fraction of sp³-hybridized carbons (Fsp3) is 0.593. The minimum atomic E-state index is -0.850. The molecule has 34 heavy (non-hydrogen) atoms. The molecule has 0 aliphatic carbocycles. The fourth-order valence-corrected chi connectivity index (χ4v) is 3.45. The molecule has 0 aliphatic heterocycles. The van der Waals surface area contributed by atoms with Crippen LogP contribution in [0.15, 0.2) is 24.3 Å². The number of benzene rings is 1. The van der Waals surface area contributed by atoms with Crippen LogP contribution in [-0.2, 0) is 14.3 Å². The number of carbonyl (C=O) groups excluding carboxylic acids is 3. The Morgan fingerprint density at radius 1 is 1.09 bits per heavy atom. The van der Waals surface area contributed by atoms with Gasteiger partial charge in [0.05, 0.1) is 0 Å². The van der Waals surface area contributed by atoms with Gasteiger partial charge in [-0.05, 0) is 57.2 Å². The summed E-state index contributed by atoms with van der Waals surface area (Å²) >= 11 is 0. The van der Waals surface area contributed by atoms with Crippen molar-refractivity contribution in [2.24, 2.45) is 5.92 Å². The summed E-state index contributed by atoms with van der Waals surface area (Å²) in [7, 11) is 0. The van der Waals surface area contributed by atoms with Crippen molar-refractivity contribution >= 4 is 17.9 Å². The van der Waals surface area contributed by atoms with Gasteiger partial charge in [0.2, 0.25) is 11.8 Å². The zero-order chi connectivity index (χ0) is 25.9. The third-order valence-corrected chi connectivity index (χ3v) is 5.14. The van der Waals surface area contributed by atoms with Gasteiger partial charge in [0.1, 0.15) is 17.7 Å². The zero-order valence-corrected chi connectivity index (χ0v) is 21.7. The molecule has 0 fully saturated rings. The van der Waals surface area contributed by atoms with Crippen LogP contribution in [0.1, 0.15) is 84.9 Å². The average Bonchev–Trinajstić information content (AvgIpc) is 2.76. The second-order valence-electron chi connectivity index (χ2n) is 9.71. The third kappa shape index (κ3) is 9.09. The van der Waals surface area contributed by atoms with Crippen LogP contribution in [0, 0.1) is 18.3 Å². The van der Waals surface area contributed by atoms with Crippen LogP contribution in [0.4, 0.5) is 4.79 Å². The van der Waals surface area contributed by atoms with E-state index in [-0.39, 0.29) is 17.7 Å². The monoisotopic (exact) mass is 471 g/mol. The maximum absolute atomic E-state index is 13.8. The highest BCUT2D eigenvalue weighted by molar-refractivity contribution is 5.92. The van der Waals surface area contributed by atoms with E-state index < -0.39 is 23.8 Å². The smallest absolute Gasteiger partial charge is 0.408 e. The van der Waals surface area contributed by atoms with Gasteiger partial charge in [-0.25, -0.2) is 4.79 Å². The van der Waals surface area contributed by atoms with Crippen LogP contribution < -0.4 is 10.6 Å². The summed E-state index contributed by atoms with van der Waals surface area (Å²) in [4.78, 5) is 41.2. The molecule has 1 aromatic carbocycles. The number of rotatable bonds is 11. The Kier molecular flexibility index (Phi) is 11.6. The van der Waals surface area contributed by atoms with Gasteiger partial charge >= 0.3 is 6.09 Å². The predicted octanol–water partition coefficient (Wildman–Crippen LogP) is 4.41. The number of unbranched alkanes of at least 4 members (excludes halogenated alkanes) is 1. The fourth-order valence-electron chi connectivity index (χ4n) is 3.45. The van der Waals surface area contributed by atoms with E-state index in [2.05, 4.69) is 16.6 Å². The molecule has 0 saturated heterocycles. The predicted molar refractivity (Wildman–Crippen MR) is 135 cm³/mol. The molecule has 2 N–H and O–H groups in total. The molecule has 0 saturated carbocycles. The van der Waals surface area contributed by atoms with Gasteiger partial charge in [0, 0.05) is 18.7 Å². The van der Waals surface area contributed by atoms with E-state index in [0.717, 1.165) is 12.8 Å². The largest absolute Gasteiger partial charge is 0.444 e. The summed E-state index contributed by atoms with van der Waals surface area (Å²) in [6.07, 6.45) is 7.24. The van der Waals surface area contributed by atoms with Gasteiger partial charge in [-0.15, -0.1) is 6.42 Å². The molecule has 0 radical (unpaired) electrons. The topological polar surface area (TPSA) is 87.7 Å². The first-order chi connectivity index (χ1) is 15.9. The number of carbonyl (C=O) groups is 3. The van der Waals surface area contributed by atoms with E-state index in [1.165, 1.54) is 0 Å². The molecular formula is C27H41N3O4. The molecule has 7 heteroatoms. The zero-order valence-electron chi connectivity index (χ0n) is 21.7. The Hall–Kier alpha value is -3.01. The summed E-state index contributed by atoms with van der Waals surface area (Å²) in [5.74, 6) is 1.76. The van der Waals surface area contributed by atoms with Crippen LogP contribution in [0.25, 0.3) is 0 Å². The van der Waals surface area contributed by atoms with E-state index in [1.807, 2.05) is 27.7 Å². The van der Waals surface area contributed by atoms with E-state index in [9.17, 15) is 14.4 Å². The van der Waals surface area contributed by atoms with Crippen molar-refractivity contribution in [3.63, 3.8) is 0 Å². The van der Waals surface area contributed by atoms with E-state index in [4.69, 9.17) is 11.2 Å². The third-order valence-electron chi connectivity index (χ3n) is 5.14. The Morgan fingerprint density at radius 2 is 1.71 bits per heavy atom. The number of ether oxygens (including phenoxy) is 1. The lowest BCUT2D eigenvalue weighted by Gasteiger charge is -2.35. The molecule has 7 nitrogen and oxygen atoms in total. The number of nitrogens with one attached hydrogen (secondary N) is 2. The molecule has 0 heterocycles. The highest BCUT2D eigenvalue weighted by Crippen LogP contribution is 2.25. The number of terminal acetylenes is 1. The van der Waals surface area contributed by atoms with E-state index in [0.29, 0.717) is 30.6 Å². The van der Waals surface area contributed by atoms with Crippen LogP contribution in [0.3, 0.4) is 0 Å². The van der Waals surface area contributed by atoms with Gasteiger partial charge in [0.15, 0.2) is 0 Å². The number of nitrogens with zero attached hydrogens (tertiary/aromatic N) is 1. The second kappa shape index (κ2) is 13.6. The van der Waals surface area contributed by atoms with Crippen molar-refractivity contribution in [1.82, 2.24) is 15.5 Å². The summed E-state index contributed by atoms with van der Waals surface area (Å²) < 4.78 is 5.37. The van der Waals surface area contributed by atoms with Crippen molar-refractivity contribution in [1.29, 1.82) is 0 Å². The Labute approximate surface area is 205 Å². The van der Waals surface area contributed by atoms with E-state index >= 15 is 0 Å². The summed E-state index contributed by atoms with van der Waals surface area (Å²) in [6, 6.07) is 5.38. The molecule has 1 aromatic rings. The molecule has 188 valence electrons. The number of alkyl carbamates (subject to hydrolysis) is 1. The molecule has 0 bridgehead atoms. The lowest BCUT2D eigenvalue weighted by Crippen LogP contribution is -2.55. The molecule has 0 spiro atoms. The molecule has 2 unspecified atom stereocenters. The highest BCUT2D eigenvalue weighted by atomic mass is 16.6. The van der Waals surface area contributed by atoms with Crippen LogP contribution in [0.2, 0.25) is 0 Å². The van der Waals surface area contributed by atoms with Crippen molar-refractivity contribution < 1.29 is 19.1 Å². The van der Waals surface area contributed by atoms with Gasteiger partial charge in [-0.1, -0.05) is 52.2 Å². The molecule has 0 aliphatic rings. The minimum absolute atomic E-state index is 0.216. The Morgan fingerprint density at radius 3 is 2.18 bits per heavy atom. The summed E-state index contributed by atoms with van der Waals surface area (Å²) in [6.45, 7) is 13.8. The number of hydrogen-bond donors (Lipinski definition) is 2. The minimum Gasteiger partial charge on any atom is -0.444 e. The maximum Gasteiger partial charge on any atom is 0.408 e. The molecule has 1 rings (SSSR count). The number of hydrogen-bond acceptors (Lipinski definition) is 4. The Bertz CT molecular complexity index is 850. The SMILES string of the molecule is C#Cc1ccc(C(C(=O)NCCCC)N(CCC)C(=O)C(NC(=O)OC(C)(C)C)C(C)C)cc1. The summed E-state index contributed by atoms with van der Waals surface area (Å²) in [5.41, 5.74) is 0.654. The standard InChI is InChI=1S/C27H41N3O4/c1-9-12-17-28-24(31)23(21-15-13-20(11-3)14-16-21)30(18-10-2)25(32)22(19(4)5)29-26(33)34-27(6,7)8/h3,13-16,19,22-23H,9-10,12,17-18H2,1-2,4-8H3,(H,28,31)(H,29,33). The normalized spacial score (nSPS) is 12.9. The number of amides is 3. The quantitative estimate of drug-likeness (QED) is 0.370. The molecule has 0 aromatic heterocycles.